The number of benzene rings is 1. The van der Waals surface area contributed by atoms with E-state index in [0.29, 0.717) is 22.7 Å². The van der Waals surface area contributed by atoms with Gasteiger partial charge in [0.1, 0.15) is 17.4 Å². The maximum Gasteiger partial charge on any atom is 0.266 e. The van der Waals surface area contributed by atoms with Crippen LogP contribution in [0.3, 0.4) is 0 Å². The van der Waals surface area contributed by atoms with Crippen LogP contribution < -0.4 is 9.62 Å². The van der Waals surface area contributed by atoms with Crippen molar-refractivity contribution in [2.45, 2.75) is 12.8 Å². The van der Waals surface area contributed by atoms with Gasteiger partial charge in [0.05, 0.1) is 23.3 Å². The van der Waals surface area contributed by atoms with Gasteiger partial charge in [-0.15, -0.1) is 0 Å². The third-order valence-electron chi connectivity index (χ3n) is 5.23. The number of pyridine rings is 1. The molecule has 0 spiro atoms. The minimum absolute atomic E-state index is 0.0257. The number of rotatable bonds is 6. The van der Waals surface area contributed by atoms with Gasteiger partial charge in [0.15, 0.2) is 0 Å². The van der Waals surface area contributed by atoms with Crippen molar-refractivity contribution in [1.29, 1.82) is 5.26 Å². The summed E-state index contributed by atoms with van der Waals surface area (Å²) in [4.78, 5) is 28.1. The summed E-state index contributed by atoms with van der Waals surface area (Å²) in [6.07, 6.45) is 4.87. The summed E-state index contributed by atoms with van der Waals surface area (Å²) in [6, 6.07) is 13.7. The average molecular weight is 459 g/mol. The topological polar surface area (TPSA) is 148 Å². The minimum Gasteiger partial charge on any atom is -0.346 e. The number of nitriles is 1. The number of nitrogens with zero attached hydrogens (tertiary/aromatic N) is 5. The van der Waals surface area contributed by atoms with Crippen LogP contribution in [-0.2, 0) is 16.1 Å². The van der Waals surface area contributed by atoms with Crippen LogP contribution in [0.5, 0.6) is 0 Å². The van der Waals surface area contributed by atoms with Gasteiger partial charge in [-0.2, -0.15) is 10.2 Å². The highest BCUT2D eigenvalue weighted by Crippen LogP contribution is 2.33. The largest absolute Gasteiger partial charge is 0.346 e. The first-order valence-corrected chi connectivity index (χ1v) is 11.1. The third kappa shape index (κ3) is 4.17. The van der Waals surface area contributed by atoms with Crippen LogP contribution in [-0.4, -0.2) is 34.6 Å². The molecule has 164 valence electrons. The highest BCUT2D eigenvalue weighted by Gasteiger charge is 2.30. The number of carbonyl (C=O) groups excluding carboxylic acids is 1. The number of H-pyrrole nitrogens is 1. The molecular formula is C22H17N7O3S. The quantitative estimate of drug-likeness (QED) is 0.374. The summed E-state index contributed by atoms with van der Waals surface area (Å²) >= 11 is -2.36. The van der Waals surface area contributed by atoms with Crippen LogP contribution in [0.1, 0.15) is 18.5 Å². The van der Waals surface area contributed by atoms with Crippen LogP contribution in [0.25, 0.3) is 22.3 Å². The first-order chi connectivity index (χ1) is 16.0. The fraction of sp³-hybridized carbons (Fsp3) is 0.136. The molecule has 3 aromatic heterocycles. The van der Waals surface area contributed by atoms with Crippen molar-refractivity contribution in [3.63, 3.8) is 0 Å². The van der Waals surface area contributed by atoms with Gasteiger partial charge in [0.25, 0.3) is 11.3 Å². The van der Waals surface area contributed by atoms with Gasteiger partial charge in [-0.25, -0.2) is 18.5 Å². The summed E-state index contributed by atoms with van der Waals surface area (Å²) in [6.45, 7) is 0. The van der Waals surface area contributed by atoms with Crippen molar-refractivity contribution in [2.75, 3.05) is 9.62 Å². The first kappa shape index (κ1) is 20.7. The fourth-order valence-corrected chi connectivity index (χ4v) is 4.02. The lowest BCUT2D eigenvalue weighted by Gasteiger charge is -2.20. The second kappa shape index (κ2) is 8.42. The van der Waals surface area contributed by atoms with Gasteiger partial charge >= 0.3 is 0 Å². The number of fused-ring (bicyclic) bond motifs is 1. The molecule has 33 heavy (non-hydrogen) atoms. The zero-order valence-corrected chi connectivity index (χ0v) is 17.9. The number of aromatic amines is 1. The van der Waals surface area contributed by atoms with Gasteiger partial charge in [0, 0.05) is 23.1 Å². The molecule has 1 amide bonds. The van der Waals surface area contributed by atoms with Crippen LogP contribution in [0.2, 0.25) is 0 Å². The van der Waals surface area contributed by atoms with E-state index in [1.807, 2.05) is 12.1 Å². The number of nitrogens with one attached hydrogen (secondary N) is 2. The summed E-state index contributed by atoms with van der Waals surface area (Å²) in [7, 11) is 0. The molecule has 5 rings (SSSR count). The molecule has 1 aromatic carbocycles. The van der Waals surface area contributed by atoms with E-state index < -0.39 is 11.3 Å². The molecule has 4 aromatic rings. The van der Waals surface area contributed by atoms with Crippen molar-refractivity contribution in [3.05, 3.63) is 60.6 Å². The van der Waals surface area contributed by atoms with Gasteiger partial charge in [0.2, 0.25) is 11.9 Å². The molecule has 3 heterocycles. The molecule has 1 aliphatic rings. The molecule has 10 nitrogen and oxygen atoms in total. The monoisotopic (exact) mass is 459 g/mol. The number of carbonyl (C=O) groups is 1. The Kier molecular flexibility index (Phi) is 5.29. The Labute approximate surface area is 190 Å². The fourth-order valence-electron chi connectivity index (χ4n) is 3.43. The molecule has 1 unspecified atom stereocenters. The normalized spacial score (nSPS) is 13.9. The Morgan fingerprint density at radius 2 is 1.91 bits per heavy atom. The van der Waals surface area contributed by atoms with Crippen molar-refractivity contribution < 1.29 is 13.6 Å². The molecule has 0 bridgehead atoms. The Hall–Kier alpha value is -4.14. The number of amides is 1. The molecule has 0 radical (unpaired) electrons. The van der Waals surface area contributed by atoms with Gasteiger partial charge in [-0.1, -0.05) is 12.1 Å². The van der Waals surface area contributed by atoms with Crippen LogP contribution in [0.4, 0.5) is 17.3 Å². The predicted molar refractivity (Wildman–Crippen MR) is 123 cm³/mol. The van der Waals surface area contributed by atoms with E-state index in [9.17, 15) is 13.6 Å². The zero-order valence-electron chi connectivity index (χ0n) is 17.1. The minimum atomic E-state index is -2.36. The lowest BCUT2D eigenvalue weighted by molar-refractivity contribution is -0.117. The van der Waals surface area contributed by atoms with Crippen LogP contribution in [0, 0.1) is 17.2 Å². The zero-order chi connectivity index (χ0) is 22.9. The standard InChI is InChI=1S/C22H17N7O3S/c23-11-15-5-8-17(12-25-15)29(33(31)32)16-6-3-13(4-7-16)19-18-9-10-24-20(18)27-22(26-19)28-21(30)14-1-2-14/h3-10,12,14H,1-2H2,(H,31,32)(H2,24,26,27,28,30). The van der Waals surface area contributed by atoms with Crippen molar-refractivity contribution >= 4 is 45.5 Å². The van der Waals surface area contributed by atoms with Crippen LogP contribution in [0.15, 0.2) is 54.9 Å². The summed E-state index contributed by atoms with van der Waals surface area (Å²) in [5.41, 5.74) is 2.99. The summed E-state index contributed by atoms with van der Waals surface area (Å²) < 4.78 is 23.1. The van der Waals surface area contributed by atoms with Crippen molar-refractivity contribution in [1.82, 2.24) is 19.9 Å². The van der Waals surface area contributed by atoms with Crippen molar-refractivity contribution in [2.24, 2.45) is 5.92 Å². The number of hydrogen-bond acceptors (Lipinski definition) is 6. The van der Waals surface area contributed by atoms with E-state index in [0.717, 1.165) is 23.8 Å². The van der Waals surface area contributed by atoms with E-state index in [4.69, 9.17) is 5.26 Å². The third-order valence-corrected chi connectivity index (χ3v) is 5.96. The summed E-state index contributed by atoms with van der Waals surface area (Å²) in [5.74, 6) is 0.166. The van der Waals surface area contributed by atoms with Crippen LogP contribution >= 0.6 is 0 Å². The van der Waals surface area contributed by atoms with Gasteiger partial charge in [-0.05, 0) is 43.2 Å². The molecule has 3 N–H and O–H groups in total. The smallest absolute Gasteiger partial charge is 0.266 e. The maximum atomic E-state index is 12.2. The number of hydrogen-bond donors (Lipinski definition) is 3. The van der Waals surface area contributed by atoms with E-state index in [1.54, 1.807) is 36.5 Å². The van der Waals surface area contributed by atoms with Crippen molar-refractivity contribution in [3.8, 4) is 17.3 Å². The second-order valence-corrected chi connectivity index (χ2v) is 8.31. The Bertz CT molecular complexity index is 1410. The molecule has 0 aliphatic heterocycles. The molecule has 1 fully saturated rings. The molecule has 0 saturated heterocycles. The van der Waals surface area contributed by atoms with E-state index >= 15 is 0 Å². The van der Waals surface area contributed by atoms with E-state index in [-0.39, 0.29) is 23.5 Å². The number of anilines is 3. The Morgan fingerprint density at radius 1 is 1.15 bits per heavy atom. The highest BCUT2D eigenvalue weighted by atomic mass is 32.2. The molecule has 1 aliphatic carbocycles. The summed E-state index contributed by atoms with van der Waals surface area (Å²) in [5, 5.41) is 12.5. The van der Waals surface area contributed by atoms with Gasteiger partial charge in [-0.3, -0.25) is 14.7 Å². The average Bonchev–Trinajstić information content (AvgIpc) is 3.57. The maximum absolute atomic E-state index is 12.2. The lowest BCUT2D eigenvalue weighted by Crippen LogP contribution is -2.19. The Balaban J connectivity index is 1.49. The molecule has 1 atom stereocenters. The first-order valence-electron chi connectivity index (χ1n) is 10.1. The molecule has 11 heteroatoms. The van der Waals surface area contributed by atoms with Gasteiger partial charge < -0.3 is 4.98 Å². The SMILES string of the molecule is N#Cc1ccc(N(c2ccc(-c3nc(NC(=O)C4CC4)nc4[nH]ccc34)cc2)S(=O)O)cn1. The second-order valence-electron chi connectivity index (χ2n) is 7.48. The Morgan fingerprint density at radius 3 is 2.55 bits per heavy atom. The highest BCUT2D eigenvalue weighted by molar-refractivity contribution is 7.81. The lowest BCUT2D eigenvalue weighted by atomic mass is 10.1. The predicted octanol–water partition coefficient (Wildman–Crippen LogP) is 3.51. The number of aromatic nitrogens is 4. The molecular weight excluding hydrogens is 442 g/mol. The van der Waals surface area contributed by atoms with E-state index in [1.165, 1.54) is 16.6 Å². The molecule has 1 saturated carbocycles. The van der Waals surface area contributed by atoms with E-state index in [2.05, 4.69) is 25.3 Å².